The minimum absolute atomic E-state index is 0.0895. The van der Waals surface area contributed by atoms with Crippen molar-refractivity contribution >= 4 is 11.4 Å². The van der Waals surface area contributed by atoms with E-state index < -0.39 is 0 Å². The molecule has 1 aliphatic carbocycles. The molecule has 0 atom stereocenters. The second kappa shape index (κ2) is 5.52. The molecule has 0 unspecified atom stereocenters. The number of benzene rings is 2. The van der Waals surface area contributed by atoms with E-state index >= 15 is 0 Å². The molecule has 0 bridgehead atoms. The van der Waals surface area contributed by atoms with Crippen molar-refractivity contribution in [2.24, 2.45) is 0 Å². The quantitative estimate of drug-likeness (QED) is 0.680. The van der Waals surface area contributed by atoms with Gasteiger partial charge in [-0.3, -0.25) is 10.1 Å². The summed E-state index contributed by atoms with van der Waals surface area (Å²) in [6.45, 7) is 0. The van der Waals surface area contributed by atoms with Gasteiger partial charge in [-0.2, -0.15) is 0 Å². The van der Waals surface area contributed by atoms with Crippen LogP contribution in [0.5, 0.6) is 0 Å². The highest BCUT2D eigenvalue weighted by molar-refractivity contribution is 5.61. The standard InChI is InChI=1S/C16H15FN2O2/c17-13-5-3-4-11(8-13)12-9-14(10-12)18-15-6-1-2-7-16(15)19(20)21/h1-8,12,14,18H,9-10H2. The van der Waals surface area contributed by atoms with Crippen LogP contribution < -0.4 is 5.32 Å². The summed E-state index contributed by atoms with van der Waals surface area (Å²) >= 11 is 0. The third kappa shape index (κ3) is 2.86. The number of nitrogens with one attached hydrogen (secondary N) is 1. The first-order chi connectivity index (χ1) is 10.1. The van der Waals surface area contributed by atoms with E-state index in [0.29, 0.717) is 11.6 Å². The highest BCUT2D eigenvalue weighted by Gasteiger charge is 2.31. The van der Waals surface area contributed by atoms with Crippen LogP contribution in [0.3, 0.4) is 0 Å². The summed E-state index contributed by atoms with van der Waals surface area (Å²) in [7, 11) is 0. The highest BCUT2D eigenvalue weighted by atomic mass is 19.1. The molecule has 0 aliphatic heterocycles. The van der Waals surface area contributed by atoms with Gasteiger partial charge in [0.15, 0.2) is 0 Å². The van der Waals surface area contributed by atoms with Crippen molar-refractivity contribution in [1.29, 1.82) is 0 Å². The van der Waals surface area contributed by atoms with Gasteiger partial charge in [-0.25, -0.2) is 4.39 Å². The van der Waals surface area contributed by atoms with Gasteiger partial charge in [-0.1, -0.05) is 24.3 Å². The van der Waals surface area contributed by atoms with Crippen molar-refractivity contribution in [3.05, 3.63) is 70.0 Å². The largest absolute Gasteiger partial charge is 0.377 e. The van der Waals surface area contributed by atoms with Gasteiger partial charge >= 0.3 is 0 Å². The molecule has 3 rings (SSSR count). The van der Waals surface area contributed by atoms with Crippen molar-refractivity contribution < 1.29 is 9.31 Å². The van der Waals surface area contributed by atoms with Crippen LogP contribution in [-0.2, 0) is 0 Å². The minimum Gasteiger partial charge on any atom is -0.377 e. The summed E-state index contributed by atoms with van der Waals surface area (Å²) in [5.41, 5.74) is 1.63. The average molecular weight is 286 g/mol. The van der Waals surface area contributed by atoms with Gasteiger partial charge in [0.05, 0.1) is 4.92 Å². The van der Waals surface area contributed by atoms with Crippen molar-refractivity contribution in [2.75, 3.05) is 5.32 Å². The predicted molar refractivity (Wildman–Crippen MR) is 78.9 cm³/mol. The normalized spacial score (nSPS) is 20.6. The lowest BCUT2D eigenvalue weighted by Gasteiger charge is -2.36. The number of nitro groups is 1. The number of halogens is 1. The monoisotopic (exact) mass is 286 g/mol. The van der Waals surface area contributed by atoms with E-state index in [1.807, 2.05) is 6.07 Å². The Morgan fingerprint density at radius 3 is 2.62 bits per heavy atom. The van der Waals surface area contributed by atoms with E-state index in [2.05, 4.69) is 5.32 Å². The average Bonchev–Trinajstić information content (AvgIpc) is 2.42. The molecular formula is C16H15FN2O2. The molecule has 2 aromatic carbocycles. The zero-order valence-corrected chi connectivity index (χ0v) is 11.3. The zero-order valence-electron chi connectivity index (χ0n) is 11.3. The first-order valence-corrected chi connectivity index (χ1v) is 6.89. The zero-order chi connectivity index (χ0) is 14.8. The number of nitrogens with zero attached hydrogens (tertiary/aromatic N) is 1. The maximum Gasteiger partial charge on any atom is 0.292 e. The third-order valence-electron chi connectivity index (χ3n) is 3.92. The van der Waals surface area contributed by atoms with Crippen LogP contribution in [0.25, 0.3) is 0 Å². The molecule has 0 saturated heterocycles. The molecule has 0 aromatic heterocycles. The molecule has 108 valence electrons. The fourth-order valence-electron chi connectivity index (χ4n) is 2.74. The van der Waals surface area contributed by atoms with Gasteiger partial charge in [0, 0.05) is 12.1 Å². The lowest BCUT2D eigenvalue weighted by atomic mass is 9.76. The van der Waals surface area contributed by atoms with Crippen molar-refractivity contribution in [2.45, 2.75) is 24.8 Å². The van der Waals surface area contributed by atoms with Crippen LogP contribution in [0.2, 0.25) is 0 Å². The van der Waals surface area contributed by atoms with Gasteiger partial charge < -0.3 is 5.32 Å². The molecule has 1 fully saturated rings. The molecule has 4 nitrogen and oxygen atoms in total. The number of rotatable bonds is 4. The topological polar surface area (TPSA) is 55.2 Å². The molecule has 0 heterocycles. The molecular weight excluding hydrogens is 271 g/mol. The number of hydrogen-bond donors (Lipinski definition) is 1. The first kappa shape index (κ1) is 13.5. The minimum atomic E-state index is -0.384. The molecule has 0 amide bonds. The summed E-state index contributed by atoms with van der Waals surface area (Å²) in [5, 5.41) is 14.2. The third-order valence-corrected chi connectivity index (χ3v) is 3.92. The van der Waals surface area contributed by atoms with Crippen molar-refractivity contribution in [1.82, 2.24) is 0 Å². The molecule has 21 heavy (non-hydrogen) atoms. The summed E-state index contributed by atoms with van der Waals surface area (Å²) in [6.07, 6.45) is 1.71. The van der Waals surface area contributed by atoms with Gasteiger partial charge in [0.2, 0.25) is 0 Å². The second-order valence-corrected chi connectivity index (χ2v) is 5.34. The van der Waals surface area contributed by atoms with E-state index in [1.165, 1.54) is 12.1 Å². The van der Waals surface area contributed by atoms with Crippen LogP contribution in [0.4, 0.5) is 15.8 Å². The maximum absolute atomic E-state index is 13.2. The summed E-state index contributed by atoms with van der Waals surface area (Å²) in [5.74, 6) is 0.101. The van der Waals surface area contributed by atoms with E-state index in [0.717, 1.165) is 18.4 Å². The maximum atomic E-state index is 13.2. The Morgan fingerprint density at radius 2 is 1.90 bits per heavy atom. The van der Waals surface area contributed by atoms with Crippen LogP contribution >= 0.6 is 0 Å². The first-order valence-electron chi connectivity index (χ1n) is 6.89. The van der Waals surface area contributed by atoms with Gasteiger partial charge in [-0.05, 0) is 42.5 Å². The fourth-order valence-corrected chi connectivity index (χ4v) is 2.74. The van der Waals surface area contributed by atoms with Crippen molar-refractivity contribution in [3.63, 3.8) is 0 Å². The van der Waals surface area contributed by atoms with Crippen LogP contribution in [0.15, 0.2) is 48.5 Å². The Balaban J connectivity index is 1.64. The molecule has 1 N–H and O–H groups in total. The van der Waals surface area contributed by atoms with Crippen LogP contribution in [-0.4, -0.2) is 11.0 Å². The van der Waals surface area contributed by atoms with E-state index in [-0.39, 0.29) is 22.5 Å². The molecule has 0 spiro atoms. The second-order valence-electron chi connectivity index (χ2n) is 5.34. The summed E-state index contributed by atoms with van der Waals surface area (Å²) in [4.78, 5) is 10.6. The van der Waals surface area contributed by atoms with Gasteiger partial charge in [0.25, 0.3) is 5.69 Å². The van der Waals surface area contributed by atoms with E-state index in [1.54, 1.807) is 30.3 Å². The molecule has 0 radical (unpaired) electrons. The lowest BCUT2D eigenvalue weighted by Crippen LogP contribution is -2.34. The summed E-state index contributed by atoms with van der Waals surface area (Å²) < 4.78 is 13.2. The van der Waals surface area contributed by atoms with Gasteiger partial charge in [-0.15, -0.1) is 0 Å². The number of anilines is 1. The van der Waals surface area contributed by atoms with Crippen LogP contribution in [0.1, 0.15) is 24.3 Å². The lowest BCUT2D eigenvalue weighted by molar-refractivity contribution is -0.384. The van der Waals surface area contributed by atoms with Crippen molar-refractivity contribution in [3.8, 4) is 0 Å². The van der Waals surface area contributed by atoms with E-state index in [4.69, 9.17) is 0 Å². The van der Waals surface area contributed by atoms with Gasteiger partial charge in [0.1, 0.15) is 11.5 Å². The Hall–Kier alpha value is -2.43. The van der Waals surface area contributed by atoms with Crippen LogP contribution in [0, 0.1) is 15.9 Å². The summed E-state index contributed by atoms with van der Waals surface area (Å²) in [6, 6.07) is 13.5. The fraction of sp³-hybridized carbons (Fsp3) is 0.250. The Labute approximate surface area is 121 Å². The Kier molecular flexibility index (Phi) is 3.56. The number of para-hydroxylation sites is 2. The SMILES string of the molecule is O=[N+]([O-])c1ccccc1NC1CC(c2cccc(F)c2)C1. The smallest absolute Gasteiger partial charge is 0.292 e. The molecule has 5 heteroatoms. The molecule has 2 aromatic rings. The molecule has 1 saturated carbocycles. The number of hydrogen-bond acceptors (Lipinski definition) is 3. The Morgan fingerprint density at radius 1 is 1.14 bits per heavy atom. The highest BCUT2D eigenvalue weighted by Crippen LogP contribution is 2.39. The predicted octanol–water partition coefficient (Wildman–Crippen LogP) is 4.09. The van der Waals surface area contributed by atoms with E-state index in [9.17, 15) is 14.5 Å². The molecule has 1 aliphatic rings. The Bertz CT molecular complexity index is 669. The number of nitro benzene ring substituents is 1.